The number of thioether (sulfide) groups is 1. The van der Waals surface area contributed by atoms with Gasteiger partial charge in [-0.25, -0.2) is 4.39 Å². The first-order chi connectivity index (χ1) is 17.9. The summed E-state index contributed by atoms with van der Waals surface area (Å²) in [5, 5.41) is 3.62. The number of hydrogen-bond acceptors (Lipinski definition) is 6. The monoisotopic (exact) mass is 535 g/mol. The quantitative estimate of drug-likeness (QED) is 0.497. The lowest BCUT2D eigenvalue weighted by molar-refractivity contribution is -0.143. The van der Waals surface area contributed by atoms with Crippen molar-refractivity contribution in [2.24, 2.45) is 29.6 Å². The number of likely N-dealkylation sites (tertiary alicyclic amines) is 1. The number of nitrogens with one attached hydrogen (secondary N) is 2. The van der Waals surface area contributed by atoms with E-state index in [9.17, 15) is 23.6 Å². The molecule has 3 aromatic rings. The number of hydrogen-bond donors (Lipinski definition) is 2. The van der Waals surface area contributed by atoms with Gasteiger partial charge in [0.05, 0.1) is 16.9 Å². The van der Waals surface area contributed by atoms with Crippen LogP contribution in [0.15, 0.2) is 64.4 Å². The highest BCUT2D eigenvalue weighted by Crippen LogP contribution is 2.68. The maximum atomic E-state index is 13.7. The van der Waals surface area contributed by atoms with E-state index in [2.05, 4.69) is 10.3 Å². The smallest absolute Gasteiger partial charge is 0.305 e. The predicted molar refractivity (Wildman–Crippen MR) is 137 cm³/mol. The van der Waals surface area contributed by atoms with E-state index in [1.807, 2.05) is 6.07 Å². The number of carbonyl (C=O) groups excluding carboxylic acids is 3. The third kappa shape index (κ3) is 3.45. The summed E-state index contributed by atoms with van der Waals surface area (Å²) < 4.78 is 13.7. The molecule has 7 nitrogen and oxygen atoms in total. The summed E-state index contributed by atoms with van der Waals surface area (Å²) in [6.07, 6.45) is 0.760. The van der Waals surface area contributed by atoms with Crippen LogP contribution in [-0.2, 0) is 14.4 Å². The van der Waals surface area contributed by atoms with Gasteiger partial charge in [0.1, 0.15) is 12.4 Å². The lowest BCUT2D eigenvalue weighted by Crippen LogP contribution is -2.42. The molecule has 6 unspecified atom stereocenters. The number of nitrogens with zero attached hydrogens (tertiary/aromatic N) is 1. The molecule has 7 atom stereocenters. The summed E-state index contributed by atoms with van der Waals surface area (Å²) in [7, 11) is 0. The van der Waals surface area contributed by atoms with Crippen molar-refractivity contribution in [2.45, 2.75) is 22.6 Å². The van der Waals surface area contributed by atoms with Crippen molar-refractivity contribution < 1.29 is 18.8 Å². The van der Waals surface area contributed by atoms with Crippen LogP contribution >= 0.6 is 23.1 Å². The van der Waals surface area contributed by atoms with Crippen molar-refractivity contribution in [1.29, 1.82) is 0 Å². The summed E-state index contributed by atoms with van der Waals surface area (Å²) in [5.41, 5.74) is 1.52. The molecular weight excluding hydrogens is 513 g/mol. The third-order valence-electron chi connectivity index (χ3n) is 8.40. The molecular formula is C27H22FN3O4S2. The molecule has 1 aromatic heterocycles. The van der Waals surface area contributed by atoms with Gasteiger partial charge in [-0.1, -0.05) is 41.7 Å². The Morgan fingerprint density at radius 3 is 2.43 bits per heavy atom. The van der Waals surface area contributed by atoms with Gasteiger partial charge in [-0.2, -0.15) is 0 Å². The van der Waals surface area contributed by atoms with Gasteiger partial charge in [0.15, 0.2) is 0 Å². The number of aromatic amines is 1. The molecule has 7 rings (SSSR count). The second kappa shape index (κ2) is 8.39. The third-order valence-corrected chi connectivity index (χ3v) is 11.0. The van der Waals surface area contributed by atoms with E-state index >= 15 is 0 Å². The number of halogens is 1. The Morgan fingerprint density at radius 2 is 1.70 bits per heavy atom. The largest absolute Gasteiger partial charge is 0.325 e. The molecule has 2 N–H and O–H groups in total. The number of anilines is 1. The molecule has 3 heterocycles. The standard InChI is InChI=1S/C27H22FN3O4S2/c28-13-8-6-12(7-9-13)18-19-15-10-16(22(19)36-24-23(18)37-27(35)30-24)21-20(15)25(33)31(26(21)34)11-17(32)29-14-4-2-1-3-5-14/h1-9,15-16,18-22H,10-11H2,(H,29,32)(H,30,35)/t15?,16?,18-,19?,20?,21?,22?/m1/s1. The van der Waals surface area contributed by atoms with Crippen molar-refractivity contribution in [3.8, 4) is 0 Å². The Hall–Kier alpha value is -3.24. The maximum Gasteiger partial charge on any atom is 0.305 e. The second-order valence-electron chi connectivity index (χ2n) is 10.2. The summed E-state index contributed by atoms with van der Waals surface area (Å²) >= 11 is 2.77. The maximum absolute atomic E-state index is 13.7. The molecule has 1 saturated heterocycles. The second-order valence-corrected chi connectivity index (χ2v) is 12.4. The van der Waals surface area contributed by atoms with E-state index in [4.69, 9.17) is 0 Å². The van der Waals surface area contributed by atoms with Gasteiger partial charge >= 0.3 is 4.87 Å². The van der Waals surface area contributed by atoms with Gasteiger partial charge in [-0.3, -0.25) is 24.1 Å². The normalized spacial score (nSPS) is 31.3. The van der Waals surface area contributed by atoms with E-state index < -0.39 is 17.7 Å². The van der Waals surface area contributed by atoms with Crippen LogP contribution in [0.2, 0.25) is 0 Å². The number of benzene rings is 2. The Bertz CT molecular complexity index is 1490. The van der Waals surface area contributed by atoms with E-state index in [1.165, 1.54) is 23.5 Å². The average Bonchev–Trinajstić information content (AvgIpc) is 3.61. The van der Waals surface area contributed by atoms with Gasteiger partial charge < -0.3 is 10.3 Å². The van der Waals surface area contributed by atoms with Crippen LogP contribution in [-0.4, -0.2) is 39.4 Å². The summed E-state index contributed by atoms with van der Waals surface area (Å²) in [6.45, 7) is -0.302. The van der Waals surface area contributed by atoms with Gasteiger partial charge in [0.25, 0.3) is 0 Å². The lowest BCUT2D eigenvalue weighted by Gasteiger charge is -2.43. The number of carbonyl (C=O) groups is 3. The molecule has 4 aliphatic rings. The van der Waals surface area contributed by atoms with Crippen LogP contribution in [0.4, 0.5) is 10.1 Å². The molecule has 2 saturated carbocycles. The minimum absolute atomic E-state index is 0.0249. The summed E-state index contributed by atoms with van der Waals surface area (Å²) in [6, 6.07) is 15.3. The highest BCUT2D eigenvalue weighted by molar-refractivity contribution is 8.00. The van der Waals surface area contributed by atoms with Gasteiger partial charge in [-0.15, -0.1) is 11.8 Å². The van der Waals surface area contributed by atoms with Crippen molar-refractivity contribution in [2.75, 3.05) is 11.9 Å². The first kappa shape index (κ1) is 22.9. The number of thiazole rings is 1. The fourth-order valence-corrected chi connectivity index (χ4v) is 10.0. The highest BCUT2D eigenvalue weighted by Gasteiger charge is 2.69. The van der Waals surface area contributed by atoms with Crippen molar-refractivity contribution in [3.63, 3.8) is 0 Å². The van der Waals surface area contributed by atoms with E-state index in [1.54, 1.807) is 48.2 Å². The van der Waals surface area contributed by atoms with Crippen LogP contribution in [0, 0.1) is 35.4 Å². The number of H-pyrrole nitrogens is 1. The number of aromatic nitrogens is 1. The summed E-state index contributed by atoms with van der Waals surface area (Å²) in [4.78, 5) is 57.0. The van der Waals surface area contributed by atoms with Gasteiger partial charge in [0, 0.05) is 21.7 Å². The van der Waals surface area contributed by atoms with E-state index in [-0.39, 0.29) is 58.0 Å². The number of rotatable bonds is 4. The van der Waals surface area contributed by atoms with Gasteiger partial charge in [-0.05, 0) is 54.0 Å². The molecule has 3 amide bonds. The molecule has 0 radical (unpaired) electrons. The summed E-state index contributed by atoms with van der Waals surface area (Å²) in [5.74, 6) is -2.39. The van der Waals surface area contributed by atoms with Crippen LogP contribution in [0.1, 0.15) is 22.8 Å². The lowest BCUT2D eigenvalue weighted by atomic mass is 9.68. The predicted octanol–water partition coefficient (Wildman–Crippen LogP) is 3.69. The molecule has 2 aliphatic carbocycles. The Kier molecular flexibility index (Phi) is 5.20. The number of amides is 3. The van der Waals surface area contributed by atoms with Crippen molar-refractivity contribution in [3.05, 3.63) is 80.5 Å². The molecule has 2 bridgehead atoms. The van der Waals surface area contributed by atoms with Crippen LogP contribution in [0.5, 0.6) is 0 Å². The first-order valence-electron chi connectivity index (χ1n) is 12.3. The van der Waals surface area contributed by atoms with Crippen LogP contribution < -0.4 is 10.2 Å². The SMILES string of the molecule is O=C(CN1C(=O)C2C3CC(C2C1=O)C1C3Sc2[nH]c(=O)sc2[C@@H]1c1ccc(F)cc1)Nc1ccccc1. The molecule has 37 heavy (non-hydrogen) atoms. The average molecular weight is 536 g/mol. The highest BCUT2D eigenvalue weighted by atomic mass is 32.2. The molecule has 0 spiro atoms. The van der Waals surface area contributed by atoms with Crippen molar-refractivity contribution in [1.82, 2.24) is 9.88 Å². The fraction of sp³-hybridized carbons (Fsp3) is 0.333. The van der Waals surface area contributed by atoms with Crippen molar-refractivity contribution >= 4 is 46.5 Å². The van der Waals surface area contributed by atoms with Gasteiger partial charge in [0.2, 0.25) is 17.7 Å². The zero-order valence-electron chi connectivity index (χ0n) is 19.4. The Balaban J connectivity index is 1.20. The van der Waals surface area contributed by atoms with Crippen LogP contribution in [0.25, 0.3) is 0 Å². The zero-order chi connectivity index (χ0) is 25.4. The molecule has 2 aliphatic heterocycles. The van der Waals surface area contributed by atoms with Crippen LogP contribution in [0.3, 0.4) is 0 Å². The number of para-hydroxylation sites is 1. The van der Waals surface area contributed by atoms with E-state index in [0.717, 1.165) is 26.8 Å². The zero-order valence-corrected chi connectivity index (χ0v) is 21.1. The topological polar surface area (TPSA) is 99.3 Å². The molecule has 3 fully saturated rings. The van der Waals surface area contributed by atoms with E-state index in [0.29, 0.717) is 5.69 Å². The number of imide groups is 1. The fourth-order valence-electron chi connectivity index (χ4n) is 7.14. The first-order valence-corrected chi connectivity index (χ1v) is 14.0. The Morgan fingerprint density at radius 1 is 1.00 bits per heavy atom. The minimum atomic E-state index is -0.468. The molecule has 188 valence electrons. The number of fused-ring (bicyclic) bond motifs is 9. The molecule has 2 aromatic carbocycles. The Labute approximate surface area is 219 Å². The molecule has 10 heteroatoms. The minimum Gasteiger partial charge on any atom is -0.325 e.